The largest absolute Gasteiger partial charge is 0.459 e. The number of aryl methyl sites for hydroxylation is 2. The average Bonchev–Trinajstić information content (AvgIpc) is 2.92. The Bertz CT molecular complexity index is 670. The van der Waals surface area contributed by atoms with Crippen LogP contribution in [-0.2, 0) is 9.47 Å². The molecule has 0 radical (unpaired) electrons. The number of carbonyl (C=O) groups excluding carboxylic acids is 1. The van der Waals surface area contributed by atoms with E-state index in [2.05, 4.69) is 5.10 Å². The predicted octanol–water partition coefficient (Wildman–Crippen LogP) is 3.22. The van der Waals surface area contributed by atoms with Gasteiger partial charge in [-0.3, -0.25) is 0 Å². The van der Waals surface area contributed by atoms with Crippen molar-refractivity contribution in [2.24, 2.45) is 0 Å². The van der Waals surface area contributed by atoms with Crippen molar-refractivity contribution < 1.29 is 14.3 Å². The second kappa shape index (κ2) is 6.96. The van der Waals surface area contributed by atoms with E-state index in [1.807, 2.05) is 36.7 Å². The van der Waals surface area contributed by atoms with Crippen molar-refractivity contribution in [2.45, 2.75) is 39.2 Å². The second-order valence-electron chi connectivity index (χ2n) is 5.97. The Hall–Kier alpha value is -2.14. The number of rotatable bonds is 4. The molecule has 1 aliphatic rings. The minimum atomic E-state index is -0.306. The normalized spacial score (nSPS) is 17.9. The minimum Gasteiger partial charge on any atom is -0.459 e. The van der Waals surface area contributed by atoms with Gasteiger partial charge in [0.1, 0.15) is 6.61 Å². The van der Waals surface area contributed by atoms with Crippen LogP contribution < -0.4 is 0 Å². The third-order valence-electron chi connectivity index (χ3n) is 4.03. The summed E-state index contributed by atoms with van der Waals surface area (Å²) in [5.74, 6) is -0.306. The van der Waals surface area contributed by atoms with E-state index in [9.17, 15) is 4.79 Å². The molecule has 3 rings (SSSR count). The summed E-state index contributed by atoms with van der Waals surface area (Å²) >= 11 is 0. The lowest BCUT2D eigenvalue weighted by Crippen LogP contribution is -2.25. The van der Waals surface area contributed by atoms with Crippen molar-refractivity contribution in [1.82, 2.24) is 9.78 Å². The van der Waals surface area contributed by atoms with E-state index in [0.29, 0.717) is 12.2 Å². The fourth-order valence-electron chi connectivity index (χ4n) is 2.82. The zero-order valence-electron chi connectivity index (χ0n) is 13.6. The summed E-state index contributed by atoms with van der Waals surface area (Å²) in [5.41, 5.74) is 3.51. The smallest absolute Gasteiger partial charge is 0.338 e. The summed E-state index contributed by atoms with van der Waals surface area (Å²) in [5, 5.41) is 4.44. The van der Waals surface area contributed by atoms with Gasteiger partial charge in [0.05, 0.1) is 23.0 Å². The van der Waals surface area contributed by atoms with Gasteiger partial charge in [0, 0.05) is 12.3 Å². The van der Waals surface area contributed by atoms with Gasteiger partial charge in [-0.1, -0.05) is 0 Å². The van der Waals surface area contributed by atoms with Crippen LogP contribution in [0.3, 0.4) is 0 Å². The number of hydrogen-bond donors (Lipinski definition) is 0. The Morgan fingerprint density at radius 1 is 1.30 bits per heavy atom. The Morgan fingerprint density at radius 2 is 2.09 bits per heavy atom. The molecule has 0 bridgehead atoms. The van der Waals surface area contributed by atoms with E-state index in [4.69, 9.17) is 9.47 Å². The Kier molecular flexibility index (Phi) is 4.76. The van der Waals surface area contributed by atoms with Crippen LogP contribution in [0.1, 0.15) is 41.0 Å². The molecule has 2 aromatic rings. The van der Waals surface area contributed by atoms with Crippen LogP contribution >= 0.6 is 0 Å². The van der Waals surface area contributed by atoms with Gasteiger partial charge >= 0.3 is 5.97 Å². The minimum absolute atomic E-state index is 0.0432. The van der Waals surface area contributed by atoms with E-state index >= 15 is 0 Å². The van der Waals surface area contributed by atoms with Gasteiger partial charge < -0.3 is 9.47 Å². The van der Waals surface area contributed by atoms with Gasteiger partial charge in [-0.05, 0) is 63.4 Å². The summed E-state index contributed by atoms with van der Waals surface area (Å²) < 4.78 is 12.8. The summed E-state index contributed by atoms with van der Waals surface area (Å²) in [6, 6.07) is 9.33. The number of ether oxygens (including phenoxy) is 2. The lowest BCUT2D eigenvalue weighted by Gasteiger charge is -2.22. The first-order chi connectivity index (χ1) is 11.1. The second-order valence-corrected chi connectivity index (χ2v) is 5.97. The van der Waals surface area contributed by atoms with Crippen LogP contribution in [-0.4, -0.2) is 35.1 Å². The number of aromatic nitrogens is 2. The summed E-state index contributed by atoms with van der Waals surface area (Å²) in [6.45, 7) is 5.06. The van der Waals surface area contributed by atoms with Gasteiger partial charge in [-0.2, -0.15) is 5.10 Å². The highest BCUT2D eigenvalue weighted by Crippen LogP contribution is 2.15. The van der Waals surface area contributed by atoms with Crippen molar-refractivity contribution in [1.29, 1.82) is 0 Å². The van der Waals surface area contributed by atoms with Gasteiger partial charge in [0.25, 0.3) is 0 Å². The van der Waals surface area contributed by atoms with Gasteiger partial charge in [0.2, 0.25) is 0 Å². The molecule has 0 spiro atoms. The third-order valence-corrected chi connectivity index (χ3v) is 4.03. The third kappa shape index (κ3) is 3.79. The fraction of sp³-hybridized carbons (Fsp3) is 0.444. The van der Waals surface area contributed by atoms with Gasteiger partial charge in [-0.15, -0.1) is 0 Å². The molecule has 1 atom stereocenters. The van der Waals surface area contributed by atoms with Crippen molar-refractivity contribution >= 4 is 5.97 Å². The number of nitrogens with zero attached hydrogens (tertiary/aromatic N) is 2. The average molecular weight is 314 g/mol. The molecule has 5 nitrogen and oxygen atoms in total. The van der Waals surface area contributed by atoms with Crippen molar-refractivity contribution in [2.75, 3.05) is 13.2 Å². The molecular formula is C18H22N2O3. The Morgan fingerprint density at radius 3 is 2.70 bits per heavy atom. The van der Waals surface area contributed by atoms with E-state index in [1.165, 1.54) is 0 Å². The van der Waals surface area contributed by atoms with Crippen molar-refractivity contribution in [3.63, 3.8) is 0 Å². The van der Waals surface area contributed by atoms with E-state index < -0.39 is 0 Å². The molecule has 23 heavy (non-hydrogen) atoms. The fourth-order valence-corrected chi connectivity index (χ4v) is 2.82. The highest BCUT2D eigenvalue weighted by atomic mass is 16.6. The number of esters is 1. The van der Waals surface area contributed by atoms with E-state index in [-0.39, 0.29) is 12.1 Å². The molecule has 1 aromatic heterocycles. The summed E-state index contributed by atoms with van der Waals surface area (Å²) in [6.07, 6.45) is 3.24. The van der Waals surface area contributed by atoms with Crippen LogP contribution in [0.5, 0.6) is 0 Å². The SMILES string of the molecule is Cc1cc(C)n(-c2ccc(C(=O)OCC3CCCCO3)cc2)n1. The molecule has 0 amide bonds. The van der Waals surface area contributed by atoms with E-state index in [0.717, 1.165) is 42.9 Å². The molecule has 1 aromatic carbocycles. The molecule has 1 unspecified atom stereocenters. The number of carbonyl (C=O) groups is 1. The van der Waals surface area contributed by atoms with Crippen molar-refractivity contribution in [3.8, 4) is 5.69 Å². The maximum atomic E-state index is 12.1. The van der Waals surface area contributed by atoms with Crippen molar-refractivity contribution in [3.05, 3.63) is 47.3 Å². The summed E-state index contributed by atoms with van der Waals surface area (Å²) in [7, 11) is 0. The topological polar surface area (TPSA) is 53.4 Å². The molecule has 122 valence electrons. The molecule has 0 aliphatic carbocycles. The first-order valence-corrected chi connectivity index (χ1v) is 8.06. The summed E-state index contributed by atoms with van der Waals surface area (Å²) in [4.78, 5) is 12.1. The molecule has 1 aliphatic heterocycles. The van der Waals surface area contributed by atoms with Gasteiger partial charge in [0.15, 0.2) is 0 Å². The highest BCUT2D eigenvalue weighted by molar-refractivity contribution is 5.89. The first-order valence-electron chi connectivity index (χ1n) is 8.06. The quantitative estimate of drug-likeness (QED) is 0.813. The molecular weight excluding hydrogens is 292 g/mol. The molecule has 5 heteroatoms. The maximum Gasteiger partial charge on any atom is 0.338 e. The Balaban J connectivity index is 1.62. The molecule has 0 saturated carbocycles. The molecule has 1 saturated heterocycles. The molecule has 1 fully saturated rings. The standard InChI is InChI=1S/C18H22N2O3/c1-13-11-14(2)20(19-13)16-8-6-15(7-9-16)18(21)23-12-17-5-3-4-10-22-17/h6-9,11,17H,3-5,10,12H2,1-2H3. The first kappa shape index (κ1) is 15.7. The van der Waals surface area contributed by atoms with Crippen LogP contribution in [0.2, 0.25) is 0 Å². The lowest BCUT2D eigenvalue weighted by molar-refractivity contribution is -0.0300. The van der Waals surface area contributed by atoms with Crippen LogP contribution in [0, 0.1) is 13.8 Å². The van der Waals surface area contributed by atoms with Crippen LogP contribution in [0.4, 0.5) is 0 Å². The monoisotopic (exact) mass is 314 g/mol. The zero-order chi connectivity index (χ0) is 16.2. The van der Waals surface area contributed by atoms with E-state index in [1.54, 1.807) is 12.1 Å². The Labute approximate surface area is 136 Å². The molecule has 0 N–H and O–H groups in total. The predicted molar refractivity (Wildman–Crippen MR) is 86.9 cm³/mol. The van der Waals surface area contributed by atoms with Gasteiger partial charge in [-0.25, -0.2) is 9.48 Å². The maximum absolute atomic E-state index is 12.1. The molecule has 2 heterocycles. The number of benzene rings is 1. The van der Waals surface area contributed by atoms with Crippen LogP contribution in [0.15, 0.2) is 30.3 Å². The van der Waals surface area contributed by atoms with Crippen LogP contribution in [0.25, 0.3) is 5.69 Å². The highest BCUT2D eigenvalue weighted by Gasteiger charge is 2.17. The zero-order valence-corrected chi connectivity index (χ0v) is 13.6. The number of hydrogen-bond acceptors (Lipinski definition) is 4. The lowest BCUT2D eigenvalue weighted by atomic mass is 10.1.